The monoisotopic (exact) mass is 380 g/mol. The molecule has 0 aromatic rings. The predicted molar refractivity (Wildman–Crippen MR) is 53.3 cm³/mol. The van der Waals surface area contributed by atoms with E-state index in [1.54, 1.807) is 0 Å². The largest absolute Gasteiger partial charge is 3.00 e. The van der Waals surface area contributed by atoms with Crippen molar-refractivity contribution in [3.05, 3.63) is 0 Å². The first-order chi connectivity index (χ1) is 5.42. The molecule has 0 aromatic carbocycles. The number of carboxylic acids is 1. The molecule has 0 bridgehead atoms. The molecule has 0 aliphatic carbocycles. The van der Waals surface area contributed by atoms with Crippen LogP contribution >= 0.6 is 0 Å². The van der Waals surface area contributed by atoms with Gasteiger partial charge in [0.15, 0.2) is 0 Å². The van der Waals surface area contributed by atoms with Crippen molar-refractivity contribution in [3.8, 4) is 0 Å². The second kappa shape index (κ2) is 7.73. The quantitative estimate of drug-likeness (QED) is 0.534. The van der Waals surface area contributed by atoms with Crippen LogP contribution in [0.15, 0.2) is 0 Å². The average molecular weight is 380 g/mol. The van der Waals surface area contributed by atoms with Crippen molar-refractivity contribution in [3.63, 3.8) is 0 Å². The Hall–Kier alpha value is 0.353. The number of aliphatic carboxylic acids is 1. The van der Waals surface area contributed by atoms with E-state index >= 15 is 0 Å². The zero-order valence-corrected chi connectivity index (χ0v) is 12.3. The standard InChI is InChI=1S/C10H20O2.Bi/c1-10(2,3)8-6-4-5-7-9(11)12;/h4-8H2,1-3H3,(H,11,12);/q;+3/p-1. The molecule has 74 valence electrons. The number of hydrogen-bond donors (Lipinski definition) is 0. The van der Waals surface area contributed by atoms with E-state index in [9.17, 15) is 9.90 Å². The van der Waals surface area contributed by atoms with Crippen LogP contribution in [0.1, 0.15) is 52.9 Å². The van der Waals surface area contributed by atoms with Crippen LogP contribution in [0.2, 0.25) is 0 Å². The molecule has 0 spiro atoms. The van der Waals surface area contributed by atoms with Crippen molar-refractivity contribution in [2.45, 2.75) is 52.9 Å². The van der Waals surface area contributed by atoms with E-state index in [0.717, 1.165) is 19.3 Å². The molecule has 0 aromatic heterocycles. The fourth-order valence-electron chi connectivity index (χ4n) is 1.10. The Kier molecular flexibility index (Phi) is 9.40. The van der Waals surface area contributed by atoms with Crippen LogP contribution in [0.5, 0.6) is 0 Å². The summed E-state index contributed by atoms with van der Waals surface area (Å²) >= 11 is 0. The Morgan fingerprint density at radius 3 is 2.08 bits per heavy atom. The molecule has 3 heteroatoms. The maximum atomic E-state index is 10.0. The van der Waals surface area contributed by atoms with Crippen molar-refractivity contribution in [2.75, 3.05) is 0 Å². The molecule has 0 aliphatic rings. The van der Waals surface area contributed by atoms with E-state index in [1.165, 1.54) is 6.42 Å². The summed E-state index contributed by atoms with van der Waals surface area (Å²) in [5, 5.41) is 10.0. The van der Waals surface area contributed by atoms with Crippen molar-refractivity contribution in [2.24, 2.45) is 5.41 Å². The van der Waals surface area contributed by atoms with Gasteiger partial charge in [0.1, 0.15) is 0 Å². The normalized spacial score (nSPS) is 10.7. The van der Waals surface area contributed by atoms with Crippen LogP contribution in [-0.2, 0) is 4.79 Å². The van der Waals surface area contributed by atoms with E-state index < -0.39 is 5.97 Å². The van der Waals surface area contributed by atoms with Crippen LogP contribution in [0, 0.1) is 5.41 Å². The molecule has 0 unspecified atom stereocenters. The van der Waals surface area contributed by atoms with E-state index in [4.69, 9.17) is 0 Å². The maximum Gasteiger partial charge on any atom is 3.00 e. The van der Waals surface area contributed by atoms with Crippen molar-refractivity contribution in [1.29, 1.82) is 0 Å². The second-order valence-corrected chi connectivity index (χ2v) is 4.49. The number of hydrogen-bond acceptors (Lipinski definition) is 2. The molecular formula is C10H19BiO2+2. The van der Waals surface area contributed by atoms with Gasteiger partial charge in [-0.05, 0) is 24.7 Å². The minimum Gasteiger partial charge on any atom is -0.550 e. The summed E-state index contributed by atoms with van der Waals surface area (Å²) in [5.74, 6) is -0.925. The summed E-state index contributed by atoms with van der Waals surface area (Å²) in [6.45, 7) is 6.60. The Morgan fingerprint density at radius 1 is 1.15 bits per heavy atom. The van der Waals surface area contributed by atoms with E-state index in [2.05, 4.69) is 20.8 Å². The minimum absolute atomic E-state index is 0. The van der Waals surface area contributed by atoms with Gasteiger partial charge in [-0.25, -0.2) is 0 Å². The molecule has 0 rings (SSSR count). The van der Waals surface area contributed by atoms with Crippen molar-refractivity contribution in [1.82, 2.24) is 0 Å². The third-order valence-corrected chi connectivity index (χ3v) is 1.81. The summed E-state index contributed by atoms with van der Waals surface area (Å²) in [5.41, 5.74) is 0.376. The molecule has 0 heterocycles. The van der Waals surface area contributed by atoms with Crippen LogP contribution in [0.3, 0.4) is 0 Å². The first-order valence-electron chi connectivity index (χ1n) is 4.62. The molecule has 0 amide bonds. The molecule has 13 heavy (non-hydrogen) atoms. The fourth-order valence-corrected chi connectivity index (χ4v) is 1.10. The van der Waals surface area contributed by atoms with Crippen LogP contribution < -0.4 is 5.11 Å². The van der Waals surface area contributed by atoms with Gasteiger partial charge in [0.2, 0.25) is 0 Å². The number of carboxylic acid groups (broad SMARTS) is 1. The summed E-state index contributed by atoms with van der Waals surface area (Å²) in [7, 11) is 0. The minimum atomic E-state index is -0.925. The SMILES string of the molecule is CC(C)(C)CCCCCC(=O)[O-].[Bi+3]. The molecule has 0 fully saturated rings. The van der Waals surface area contributed by atoms with Crippen molar-refractivity contribution < 1.29 is 9.90 Å². The van der Waals surface area contributed by atoms with Crippen LogP contribution in [-0.4, -0.2) is 32.2 Å². The molecule has 0 N–H and O–H groups in total. The van der Waals surface area contributed by atoms with Gasteiger partial charge in [0.05, 0.1) is 0 Å². The summed E-state index contributed by atoms with van der Waals surface area (Å²) in [4.78, 5) is 10.0. The Labute approximate surface area is 100 Å². The first kappa shape index (κ1) is 15.8. The third kappa shape index (κ3) is 15.1. The van der Waals surface area contributed by atoms with Gasteiger partial charge in [0, 0.05) is 5.97 Å². The van der Waals surface area contributed by atoms with Gasteiger partial charge in [-0.1, -0.05) is 33.6 Å². The number of rotatable bonds is 5. The van der Waals surface area contributed by atoms with Gasteiger partial charge in [0.25, 0.3) is 0 Å². The Morgan fingerprint density at radius 2 is 1.69 bits per heavy atom. The maximum absolute atomic E-state index is 10.0. The second-order valence-electron chi connectivity index (χ2n) is 4.49. The van der Waals surface area contributed by atoms with Gasteiger partial charge in [-0.2, -0.15) is 0 Å². The molecule has 0 atom stereocenters. The number of carbonyl (C=O) groups is 1. The van der Waals surface area contributed by atoms with Gasteiger partial charge < -0.3 is 9.90 Å². The summed E-state index contributed by atoms with van der Waals surface area (Å²) in [6.07, 6.45) is 4.27. The molecule has 0 saturated carbocycles. The number of unbranched alkanes of at least 4 members (excludes halogenated alkanes) is 2. The summed E-state index contributed by atoms with van der Waals surface area (Å²) in [6, 6.07) is 0. The van der Waals surface area contributed by atoms with Crippen molar-refractivity contribution >= 4 is 32.2 Å². The van der Waals surface area contributed by atoms with Crippen LogP contribution in [0.4, 0.5) is 0 Å². The van der Waals surface area contributed by atoms with E-state index in [-0.39, 0.29) is 32.6 Å². The Balaban J connectivity index is 0. The first-order valence-corrected chi connectivity index (χ1v) is 4.62. The summed E-state index contributed by atoms with van der Waals surface area (Å²) < 4.78 is 0. The molecule has 0 saturated heterocycles. The zero-order valence-electron chi connectivity index (χ0n) is 8.80. The van der Waals surface area contributed by atoms with Gasteiger partial charge in [-0.15, -0.1) is 0 Å². The number of carbonyl (C=O) groups excluding carboxylic acids is 1. The zero-order chi connectivity index (χ0) is 9.61. The predicted octanol–water partition coefficient (Wildman–Crippen LogP) is 1.35. The van der Waals surface area contributed by atoms with Gasteiger partial charge in [-0.3, -0.25) is 0 Å². The molecular weight excluding hydrogens is 361 g/mol. The smallest absolute Gasteiger partial charge is 0.550 e. The van der Waals surface area contributed by atoms with E-state index in [1.807, 2.05) is 0 Å². The third-order valence-electron chi connectivity index (χ3n) is 1.81. The van der Waals surface area contributed by atoms with Gasteiger partial charge >= 0.3 is 26.2 Å². The average Bonchev–Trinajstić information content (AvgIpc) is 1.83. The molecule has 2 radical (unpaired) electrons. The molecule has 0 aliphatic heterocycles. The van der Waals surface area contributed by atoms with E-state index in [0.29, 0.717) is 5.41 Å². The fraction of sp³-hybridized carbons (Fsp3) is 0.900. The topological polar surface area (TPSA) is 40.1 Å². The Bertz CT molecular complexity index is 138. The van der Waals surface area contributed by atoms with Crippen LogP contribution in [0.25, 0.3) is 0 Å². The molecule has 2 nitrogen and oxygen atoms in total.